The summed E-state index contributed by atoms with van der Waals surface area (Å²) < 4.78 is 6.90. The third kappa shape index (κ3) is 4.46. The summed E-state index contributed by atoms with van der Waals surface area (Å²) in [5, 5.41) is 17.5. The van der Waals surface area contributed by atoms with E-state index in [0.29, 0.717) is 17.4 Å². The first kappa shape index (κ1) is 21.1. The summed E-state index contributed by atoms with van der Waals surface area (Å²) in [5.74, 6) is 0.289. The minimum Gasteiger partial charge on any atom is -0.497 e. The van der Waals surface area contributed by atoms with Crippen molar-refractivity contribution >= 4 is 16.8 Å². The van der Waals surface area contributed by atoms with E-state index in [1.165, 1.54) is 0 Å². The van der Waals surface area contributed by atoms with Gasteiger partial charge >= 0.3 is 0 Å². The maximum Gasteiger partial charge on any atom is 0.276 e. The van der Waals surface area contributed by atoms with Gasteiger partial charge in [-0.15, -0.1) is 0 Å². The smallest absolute Gasteiger partial charge is 0.276 e. The van der Waals surface area contributed by atoms with E-state index in [9.17, 15) is 14.7 Å². The van der Waals surface area contributed by atoms with Crippen LogP contribution in [0.2, 0.25) is 0 Å². The summed E-state index contributed by atoms with van der Waals surface area (Å²) in [4.78, 5) is 26.1. The number of hydrogen-bond donors (Lipinski definition) is 2. The van der Waals surface area contributed by atoms with E-state index in [2.05, 4.69) is 10.4 Å². The first-order valence-electron chi connectivity index (χ1n) is 10.6. The van der Waals surface area contributed by atoms with Crippen molar-refractivity contribution in [2.75, 3.05) is 13.7 Å². The Labute approximate surface area is 180 Å². The molecule has 2 atom stereocenters. The second-order valence-corrected chi connectivity index (χ2v) is 8.01. The van der Waals surface area contributed by atoms with E-state index in [1.807, 2.05) is 36.4 Å². The number of carbonyl (C=O) groups is 1. The molecule has 3 aromatic rings. The number of hydrogen-bond acceptors (Lipinski definition) is 5. The molecule has 162 valence electrons. The number of nitrogens with one attached hydrogen (secondary N) is 1. The van der Waals surface area contributed by atoms with Gasteiger partial charge in [-0.2, -0.15) is 5.10 Å². The molecule has 1 amide bonds. The van der Waals surface area contributed by atoms with Crippen molar-refractivity contribution in [2.45, 2.75) is 38.3 Å². The third-order valence-electron chi connectivity index (χ3n) is 6.03. The van der Waals surface area contributed by atoms with Crippen LogP contribution in [0, 0.1) is 5.92 Å². The molecule has 31 heavy (non-hydrogen) atoms. The Kier molecular flexibility index (Phi) is 6.32. The van der Waals surface area contributed by atoms with E-state index in [4.69, 9.17) is 4.74 Å². The topological polar surface area (TPSA) is 93.5 Å². The van der Waals surface area contributed by atoms with Gasteiger partial charge in [0.15, 0.2) is 5.69 Å². The Morgan fingerprint density at radius 2 is 1.90 bits per heavy atom. The number of fused-ring (bicyclic) bond motifs is 1. The molecule has 0 radical (unpaired) electrons. The zero-order valence-electron chi connectivity index (χ0n) is 17.6. The van der Waals surface area contributed by atoms with Gasteiger partial charge in [0.25, 0.3) is 5.91 Å². The molecule has 1 aromatic heterocycles. The molecule has 1 aliphatic rings. The lowest BCUT2D eigenvalue weighted by atomic mass is 9.85. The first-order valence-corrected chi connectivity index (χ1v) is 10.6. The zero-order valence-corrected chi connectivity index (χ0v) is 17.6. The van der Waals surface area contributed by atoms with Crippen LogP contribution in [0.5, 0.6) is 5.75 Å². The quantitative estimate of drug-likeness (QED) is 0.638. The lowest BCUT2D eigenvalue weighted by molar-refractivity contribution is 0.0864. The Morgan fingerprint density at radius 1 is 1.16 bits per heavy atom. The fourth-order valence-electron chi connectivity index (χ4n) is 4.26. The lowest BCUT2D eigenvalue weighted by Crippen LogP contribution is -2.45. The largest absolute Gasteiger partial charge is 0.497 e. The molecule has 1 heterocycles. The van der Waals surface area contributed by atoms with Gasteiger partial charge in [-0.3, -0.25) is 14.3 Å². The van der Waals surface area contributed by atoms with Crippen molar-refractivity contribution in [3.05, 3.63) is 70.0 Å². The van der Waals surface area contributed by atoms with Crippen LogP contribution in [0.3, 0.4) is 0 Å². The molecule has 0 bridgehead atoms. The lowest BCUT2D eigenvalue weighted by Gasteiger charge is -2.30. The summed E-state index contributed by atoms with van der Waals surface area (Å²) in [7, 11) is 1.62. The summed E-state index contributed by atoms with van der Waals surface area (Å²) in [6.45, 7) is 0.436. The van der Waals surface area contributed by atoms with Crippen molar-refractivity contribution in [2.24, 2.45) is 5.92 Å². The fourth-order valence-corrected chi connectivity index (χ4v) is 4.26. The van der Waals surface area contributed by atoms with Gasteiger partial charge in [0.1, 0.15) is 5.75 Å². The maximum absolute atomic E-state index is 13.0. The minimum atomic E-state index is -0.482. The minimum absolute atomic E-state index is 0.0136. The Balaban J connectivity index is 1.69. The standard InChI is InChI=1S/C24H27N3O4/c1-31-18-12-10-16(11-13-18)14-27-21-9-5-3-7-19(21)23(29)22(26-27)24(30)25-20-8-4-2-6-17(20)15-28/h3,5,7,9-13,17,20,28H,2,4,6,8,14-15H2,1H3,(H,25,30). The van der Waals surface area contributed by atoms with Crippen molar-refractivity contribution < 1.29 is 14.6 Å². The van der Waals surface area contributed by atoms with Crippen LogP contribution in [-0.2, 0) is 6.54 Å². The molecule has 7 nitrogen and oxygen atoms in total. The summed E-state index contributed by atoms with van der Waals surface area (Å²) in [6.07, 6.45) is 3.70. The Hall–Kier alpha value is -3.19. The maximum atomic E-state index is 13.0. The highest BCUT2D eigenvalue weighted by atomic mass is 16.5. The second-order valence-electron chi connectivity index (χ2n) is 8.01. The molecule has 7 heteroatoms. The highest BCUT2D eigenvalue weighted by Crippen LogP contribution is 2.24. The number of amides is 1. The van der Waals surface area contributed by atoms with E-state index in [-0.39, 0.29) is 29.7 Å². The second kappa shape index (κ2) is 9.31. The van der Waals surface area contributed by atoms with Crippen LogP contribution < -0.4 is 15.5 Å². The highest BCUT2D eigenvalue weighted by Gasteiger charge is 2.28. The number of aliphatic hydroxyl groups excluding tert-OH is 1. The van der Waals surface area contributed by atoms with Gasteiger partial charge in [0.2, 0.25) is 5.43 Å². The Bertz CT molecular complexity index is 1120. The SMILES string of the molecule is COc1ccc(Cn2nc(C(=O)NC3CCCCC3CO)c(=O)c3ccccc32)cc1. The normalized spacial score (nSPS) is 18.6. The molecule has 0 saturated heterocycles. The van der Waals surface area contributed by atoms with Gasteiger partial charge in [-0.25, -0.2) is 0 Å². The van der Waals surface area contributed by atoms with Crippen LogP contribution in [0.25, 0.3) is 10.9 Å². The van der Waals surface area contributed by atoms with Crippen molar-refractivity contribution in [1.82, 2.24) is 15.1 Å². The van der Waals surface area contributed by atoms with Gasteiger partial charge in [0.05, 0.1) is 19.2 Å². The monoisotopic (exact) mass is 421 g/mol. The van der Waals surface area contributed by atoms with E-state index >= 15 is 0 Å². The first-order chi connectivity index (χ1) is 15.1. The predicted octanol–water partition coefficient (Wildman–Crippen LogP) is 2.73. The molecule has 2 unspecified atom stereocenters. The molecule has 1 saturated carbocycles. The summed E-state index contributed by atoms with van der Waals surface area (Å²) >= 11 is 0. The van der Waals surface area contributed by atoms with Crippen molar-refractivity contribution in [3.63, 3.8) is 0 Å². The fraction of sp³-hybridized carbons (Fsp3) is 0.375. The van der Waals surface area contributed by atoms with E-state index in [1.54, 1.807) is 23.9 Å². The summed E-state index contributed by atoms with van der Waals surface area (Å²) in [6, 6.07) is 14.6. The number of para-hydroxylation sites is 1. The molecule has 0 spiro atoms. The average molecular weight is 421 g/mol. The van der Waals surface area contributed by atoms with Crippen LogP contribution in [0.15, 0.2) is 53.3 Å². The molecule has 4 rings (SSSR count). The highest BCUT2D eigenvalue weighted by molar-refractivity contribution is 5.95. The molecular formula is C24H27N3O4. The molecule has 1 fully saturated rings. The van der Waals surface area contributed by atoms with Crippen LogP contribution in [0.1, 0.15) is 41.7 Å². The number of carbonyl (C=O) groups excluding carboxylic acids is 1. The number of benzene rings is 2. The van der Waals surface area contributed by atoms with Gasteiger partial charge in [0, 0.05) is 24.0 Å². The van der Waals surface area contributed by atoms with Crippen molar-refractivity contribution in [3.8, 4) is 5.75 Å². The number of aromatic nitrogens is 2. The van der Waals surface area contributed by atoms with E-state index < -0.39 is 5.91 Å². The predicted molar refractivity (Wildman–Crippen MR) is 118 cm³/mol. The van der Waals surface area contributed by atoms with Gasteiger partial charge < -0.3 is 15.2 Å². The molecule has 2 aromatic carbocycles. The van der Waals surface area contributed by atoms with Gasteiger partial charge in [-0.05, 0) is 42.7 Å². The molecule has 1 aliphatic carbocycles. The van der Waals surface area contributed by atoms with Gasteiger partial charge in [-0.1, -0.05) is 37.1 Å². The number of ether oxygens (including phenoxy) is 1. The molecule has 2 N–H and O–H groups in total. The number of rotatable bonds is 6. The number of methoxy groups -OCH3 is 1. The molecule has 0 aliphatic heterocycles. The Morgan fingerprint density at radius 3 is 2.65 bits per heavy atom. The summed E-state index contributed by atoms with van der Waals surface area (Å²) in [5.41, 5.74) is 1.15. The van der Waals surface area contributed by atoms with Crippen LogP contribution >= 0.6 is 0 Å². The van der Waals surface area contributed by atoms with Crippen LogP contribution in [-0.4, -0.2) is 40.6 Å². The number of nitrogens with zero attached hydrogens (tertiary/aromatic N) is 2. The van der Waals surface area contributed by atoms with Crippen molar-refractivity contribution in [1.29, 1.82) is 0 Å². The van der Waals surface area contributed by atoms with Crippen LogP contribution in [0.4, 0.5) is 0 Å². The molecular weight excluding hydrogens is 394 g/mol. The number of aliphatic hydroxyl groups is 1. The third-order valence-corrected chi connectivity index (χ3v) is 6.03. The zero-order chi connectivity index (χ0) is 21.8. The van der Waals surface area contributed by atoms with E-state index in [0.717, 1.165) is 37.0 Å². The average Bonchev–Trinajstić information content (AvgIpc) is 2.81.